The summed E-state index contributed by atoms with van der Waals surface area (Å²) in [6.45, 7) is 11.4. The number of hydrogen-bond acceptors (Lipinski definition) is 5. The molecule has 9 heteroatoms. The van der Waals surface area contributed by atoms with Crippen LogP contribution in [0.2, 0.25) is 0 Å². The molecule has 6 rings (SSSR count). The molecule has 1 N–H and O–H groups in total. The standard InChI is InChI=1S/C30H34F2N6O/c1-5-17(3)21-8-9-26(20(21)6-2)36-29(39)23-13-38(28-22(23)11-33-16-34-28)12-19-7-10-27(35-18(19)4)37-14-24-25(15-37)30(24,31)32/h5,7,10-11,13,16-17,24-26H,1,6,8-9,12,14-15H2,2-4H3,(H,36,39)/t17?,24?,25?,26-/m1/s1. The minimum Gasteiger partial charge on any atom is -0.356 e. The van der Waals surface area contributed by atoms with Crippen molar-refractivity contribution >= 4 is 22.8 Å². The van der Waals surface area contributed by atoms with Crippen molar-refractivity contribution in [2.75, 3.05) is 18.0 Å². The molecule has 2 aliphatic carbocycles. The van der Waals surface area contributed by atoms with Gasteiger partial charge in [-0.2, -0.15) is 0 Å². The highest BCUT2D eigenvalue weighted by atomic mass is 19.3. The number of hydrogen-bond donors (Lipinski definition) is 1. The first kappa shape index (κ1) is 25.6. The Labute approximate surface area is 227 Å². The first-order valence-electron chi connectivity index (χ1n) is 13.8. The summed E-state index contributed by atoms with van der Waals surface area (Å²) in [7, 11) is 0. The molecule has 4 heterocycles. The van der Waals surface area contributed by atoms with Crippen LogP contribution in [0.15, 0.2) is 54.7 Å². The molecule has 0 radical (unpaired) electrons. The quantitative estimate of drug-likeness (QED) is 0.398. The van der Waals surface area contributed by atoms with E-state index in [0.717, 1.165) is 36.3 Å². The summed E-state index contributed by atoms with van der Waals surface area (Å²) in [5, 5.41) is 3.97. The van der Waals surface area contributed by atoms with Gasteiger partial charge in [0.25, 0.3) is 11.8 Å². The first-order chi connectivity index (χ1) is 18.7. The van der Waals surface area contributed by atoms with Crippen LogP contribution in [-0.4, -0.2) is 50.5 Å². The number of fused-ring (bicyclic) bond motifs is 2. The molecule has 204 valence electrons. The van der Waals surface area contributed by atoms with Crippen LogP contribution in [0.4, 0.5) is 14.6 Å². The minimum absolute atomic E-state index is 0.0125. The number of halogens is 2. The Balaban J connectivity index is 1.22. The van der Waals surface area contributed by atoms with Gasteiger partial charge in [0.2, 0.25) is 0 Å². The van der Waals surface area contributed by atoms with Gasteiger partial charge in [-0.3, -0.25) is 4.79 Å². The Morgan fingerprint density at radius 2 is 2.08 bits per heavy atom. The zero-order valence-electron chi connectivity index (χ0n) is 22.6. The van der Waals surface area contributed by atoms with E-state index in [1.165, 1.54) is 17.5 Å². The Bertz CT molecular complexity index is 1480. The number of carbonyl (C=O) groups excluding carboxylic acids is 1. The third-order valence-corrected chi connectivity index (χ3v) is 8.95. The van der Waals surface area contributed by atoms with Crippen LogP contribution < -0.4 is 10.2 Å². The summed E-state index contributed by atoms with van der Waals surface area (Å²) < 4.78 is 29.2. The van der Waals surface area contributed by atoms with Gasteiger partial charge in [-0.15, -0.1) is 6.58 Å². The molecule has 3 aromatic rings. The molecule has 1 aliphatic heterocycles. The van der Waals surface area contributed by atoms with Crippen LogP contribution in [0.25, 0.3) is 11.0 Å². The normalized spacial score (nSPS) is 24.2. The van der Waals surface area contributed by atoms with Gasteiger partial charge in [-0.1, -0.05) is 31.6 Å². The van der Waals surface area contributed by atoms with Gasteiger partial charge in [0.1, 0.15) is 17.8 Å². The van der Waals surface area contributed by atoms with Crippen LogP contribution in [0, 0.1) is 24.7 Å². The van der Waals surface area contributed by atoms with Gasteiger partial charge in [0.15, 0.2) is 0 Å². The highest BCUT2D eigenvalue weighted by Gasteiger charge is 2.71. The van der Waals surface area contributed by atoms with Crippen molar-refractivity contribution in [3.63, 3.8) is 0 Å². The summed E-state index contributed by atoms with van der Waals surface area (Å²) in [5.41, 5.74) is 5.72. The number of alkyl halides is 2. The monoisotopic (exact) mass is 532 g/mol. The second-order valence-corrected chi connectivity index (χ2v) is 11.1. The second-order valence-electron chi connectivity index (χ2n) is 11.1. The fourth-order valence-electron chi connectivity index (χ4n) is 6.52. The van der Waals surface area contributed by atoms with Crippen molar-refractivity contribution < 1.29 is 13.6 Å². The van der Waals surface area contributed by atoms with Gasteiger partial charge in [0.05, 0.1) is 35.4 Å². The molecule has 1 amide bonds. The van der Waals surface area contributed by atoms with E-state index in [9.17, 15) is 13.6 Å². The van der Waals surface area contributed by atoms with Gasteiger partial charge in [0, 0.05) is 31.2 Å². The lowest BCUT2D eigenvalue weighted by Gasteiger charge is -2.22. The van der Waals surface area contributed by atoms with Gasteiger partial charge in [-0.05, 0) is 49.3 Å². The van der Waals surface area contributed by atoms with Crippen molar-refractivity contribution in [1.29, 1.82) is 0 Å². The van der Waals surface area contributed by atoms with Crippen molar-refractivity contribution in [2.45, 2.75) is 58.5 Å². The van der Waals surface area contributed by atoms with Gasteiger partial charge in [-0.25, -0.2) is 23.7 Å². The molecular weight excluding hydrogens is 498 g/mol. The SMILES string of the molecule is C=CC(C)C1=C(CC)[C@H](NC(=O)c2cn(Cc3ccc(N4CC5C(C4)C5(F)F)nc3C)c3ncncc23)CC1. The fraction of sp³-hybridized carbons (Fsp3) is 0.467. The lowest BCUT2D eigenvalue weighted by Crippen LogP contribution is -2.34. The predicted molar refractivity (Wildman–Crippen MR) is 147 cm³/mol. The van der Waals surface area contributed by atoms with Gasteiger partial charge < -0.3 is 14.8 Å². The maximum Gasteiger partial charge on any atom is 0.258 e. The van der Waals surface area contributed by atoms with E-state index < -0.39 is 17.8 Å². The Morgan fingerprint density at radius 3 is 2.77 bits per heavy atom. The minimum atomic E-state index is -2.51. The van der Waals surface area contributed by atoms with Crippen molar-refractivity contribution in [3.8, 4) is 0 Å². The molecule has 3 aliphatic rings. The molecule has 4 atom stereocenters. The average molecular weight is 533 g/mol. The number of rotatable bonds is 8. The van der Waals surface area contributed by atoms with Crippen LogP contribution in [0.1, 0.15) is 54.7 Å². The van der Waals surface area contributed by atoms with E-state index in [0.29, 0.717) is 42.1 Å². The third kappa shape index (κ3) is 4.32. The third-order valence-electron chi connectivity index (χ3n) is 8.95. The van der Waals surface area contributed by atoms with Gasteiger partial charge >= 0.3 is 0 Å². The number of allylic oxidation sites excluding steroid dienone is 2. The van der Waals surface area contributed by atoms with Crippen molar-refractivity contribution in [1.82, 2.24) is 24.8 Å². The van der Waals surface area contributed by atoms with E-state index in [2.05, 4.69) is 35.7 Å². The number of anilines is 1. The molecule has 3 aromatic heterocycles. The van der Waals surface area contributed by atoms with E-state index in [1.54, 1.807) is 6.20 Å². The van der Waals surface area contributed by atoms with Crippen molar-refractivity contribution in [3.05, 3.63) is 71.5 Å². The number of piperidine rings is 1. The largest absolute Gasteiger partial charge is 0.356 e. The topological polar surface area (TPSA) is 75.9 Å². The molecule has 2 fully saturated rings. The first-order valence-corrected chi connectivity index (χ1v) is 13.8. The number of amides is 1. The number of nitrogens with zero attached hydrogens (tertiary/aromatic N) is 5. The Morgan fingerprint density at radius 1 is 1.31 bits per heavy atom. The lowest BCUT2D eigenvalue weighted by molar-refractivity contribution is 0.0796. The number of aromatic nitrogens is 4. The molecule has 1 saturated carbocycles. The summed E-state index contributed by atoms with van der Waals surface area (Å²) in [5.74, 6) is -2.69. The van der Waals surface area contributed by atoms with Crippen LogP contribution in [-0.2, 0) is 6.54 Å². The van der Waals surface area contributed by atoms with Crippen LogP contribution in [0.5, 0.6) is 0 Å². The summed E-state index contributed by atoms with van der Waals surface area (Å²) >= 11 is 0. The van der Waals surface area contributed by atoms with Crippen LogP contribution in [0.3, 0.4) is 0 Å². The van der Waals surface area contributed by atoms with Crippen molar-refractivity contribution in [2.24, 2.45) is 17.8 Å². The molecule has 39 heavy (non-hydrogen) atoms. The lowest BCUT2D eigenvalue weighted by atomic mass is 9.96. The summed E-state index contributed by atoms with van der Waals surface area (Å²) in [6.07, 6.45) is 9.74. The Hall–Kier alpha value is -3.62. The maximum absolute atomic E-state index is 13.6. The smallest absolute Gasteiger partial charge is 0.258 e. The molecule has 1 saturated heterocycles. The number of pyridine rings is 1. The average Bonchev–Trinajstić information content (AvgIpc) is 3.44. The second kappa shape index (κ2) is 9.54. The number of aryl methyl sites for hydroxylation is 1. The van der Waals surface area contributed by atoms with E-state index in [4.69, 9.17) is 4.98 Å². The molecule has 0 bridgehead atoms. The maximum atomic E-state index is 13.6. The summed E-state index contributed by atoms with van der Waals surface area (Å²) in [4.78, 5) is 28.9. The van der Waals surface area contributed by atoms with E-state index in [-0.39, 0.29) is 11.9 Å². The summed E-state index contributed by atoms with van der Waals surface area (Å²) in [6, 6.07) is 3.91. The fourth-order valence-corrected chi connectivity index (χ4v) is 6.52. The predicted octanol–water partition coefficient (Wildman–Crippen LogP) is 5.31. The molecule has 3 unspecified atom stereocenters. The molecule has 0 spiro atoms. The number of nitrogens with one attached hydrogen (secondary N) is 1. The molecule has 7 nitrogen and oxygen atoms in total. The van der Waals surface area contributed by atoms with E-state index in [1.807, 2.05) is 40.8 Å². The Kier molecular flexibility index (Phi) is 6.27. The van der Waals surface area contributed by atoms with Crippen LogP contribution >= 0.6 is 0 Å². The highest BCUT2D eigenvalue weighted by molar-refractivity contribution is 6.06. The zero-order chi connectivity index (χ0) is 27.5. The zero-order valence-corrected chi connectivity index (χ0v) is 22.6. The number of carbonyl (C=O) groups is 1. The van der Waals surface area contributed by atoms with E-state index >= 15 is 0 Å². The molecule has 0 aromatic carbocycles. The molecular formula is C30H34F2N6O. The highest BCUT2D eigenvalue weighted by Crippen LogP contribution is 2.59.